The monoisotopic (exact) mass is 322 g/mol. The van der Waals surface area contributed by atoms with Crippen LogP contribution in [-0.4, -0.2) is 38.8 Å². The quantitative estimate of drug-likeness (QED) is 0.641. The Morgan fingerprint density at radius 3 is 2.62 bits per heavy atom. The lowest BCUT2D eigenvalue weighted by atomic mass is 10.4. The maximum atomic E-state index is 4.67. The molecule has 0 radical (unpaired) electrons. The van der Waals surface area contributed by atoms with Gasteiger partial charge < -0.3 is 10.6 Å². The van der Waals surface area contributed by atoms with Crippen molar-refractivity contribution < 1.29 is 4.63 Å². The molecule has 0 aliphatic rings. The molecular formula is C12H14N6OS2. The second kappa shape index (κ2) is 6.72. The van der Waals surface area contributed by atoms with E-state index in [1.165, 1.54) is 4.88 Å². The van der Waals surface area contributed by atoms with Gasteiger partial charge in [-0.3, -0.25) is 0 Å². The fourth-order valence-corrected chi connectivity index (χ4v) is 2.69. The van der Waals surface area contributed by atoms with Crippen LogP contribution in [0.3, 0.4) is 0 Å². The van der Waals surface area contributed by atoms with Crippen LogP contribution in [-0.2, 0) is 6.54 Å². The summed E-state index contributed by atoms with van der Waals surface area (Å²) in [6.45, 7) is 1.50. The molecule has 0 amide bonds. The van der Waals surface area contributed by atoms with E-state index < -0.39 is 0 Å². The van der Waals surface area contributed by atoms with Crippen LogP contribution in [0.4, 0.5) is 11.6 Å². The summed E-state index contributed by atoms with van der Waals surface area (Å²) in [5, 5.41) is 16.1. The van der Waals surface area contributed by atoms with Gasteiger partial charge in [0.15, 0.2) is 11.6 Å². The minimum absolute atomic E-state index is 0.402. The molecule has 2 N–H and O–H groups in total. The average Bonchev–Trinajstić information content (AvgIpc) is 3.16. The molecule has 0 spiro atoms. The highest BCUT2D eigenvalue weighted by Crippen LogP contribution is 2.21. The molecule has 0 aromatic carbocycles. The van der Waals surface area contributed by atoms with Crippen LogP contribution in [0.5, 0.6) is 0 Å². The number of nitrogens with one attached hydrogen (secondary N) is 2. The Bertz CT molecular complexity index is 699. The Morgan fingerprint density at radius 2 is 1.95 bits per heavy atom. The van der Waals surface area contributed by atoms with Gasteiger partial charge in [0.05, 0.1) is 6.54 Å². The molecule has 9 heteroatoms. The number of rotatable bonds is 7. The number of thioether (sulfide) groups is 1. The lowest BCUT2D eigenvalue weighted by Crippen LogP contribution is -2.11. The minimum atomic E-state index is 0.402. The first kappa shape index (κ1) is 14.1. The van der Waals surface area contributed by atoms with Gasteiger partial charge in [0, 0.05) is 17.2 Å². The SMILES string of the molecule is CSCCNc1nc2nonc2nc1NCc1cccs1. The van der Waals surface area contributed by atoms with E-state index in [1.54, 1.807) is 23.1 Å². The molecule has 0 saturated carbocycles. The number of hydrogen-bond donors (Lipinski definition) is 2. The van der Waals surface area contributed by atoms with Crippen molar-refractivity contribution in [1.29, 1.82) is 0 Å². The standard InChI is InChI=1S/C12H14N6OS2/c1-20-6-4-13-9-10(14-7-8-3-2-5-21-8)16-12-11(15-9)17-19-18-12/h2-3,5H,4,6-7H2,1H3,(H,13,15,17)(H,14,16,18). The molecule has 3 rings (SSSR count). The Balaban J connectivity index is 1.80. The highest BCUT2D eigenvalue weighted by molar-refractivity contribution is 7.98. The number of aromatic nitrogens is 4. The summed E-state index contributed by atoms with van der Waals surface area (Å²) in [6.07, 6.45) is 2.06. The van der Waals surface area contributed by atoms with Crippen LogP contribution >= 0.6 is 23.1 Å². The molecule has 110 valence electrons. The zero-order chi connectivity index (χ0) is 14.5. The topological polar surface area (TPSA) is 88.8 Å². The van der Waals surface area contributed by atoms with Crippen LogP contribution < -0.4 is 10.6 Å². The first-order valence-corrected chi connectivity index (χ1v) is 8.63. The zero-order valence-corrected chi connectivity index (χ0v) is 13.0. The average molecular weight is 322 g/mol. The molecule has 0 aliphatic carbocycles. The Hall–Kier alpha value is -1.87. The van der Waals surface area contributed by atoms with Crippen molar-refractivity contribution in [3.05, 3.63) is 22.4 Å². The van der Waals surface area contributed by atoms with Gasteiger partial charge in [-0.05, 0) is 28.0 Å². The van der Waals surface area contributed by atoms with Gasteiger partial charge in [-0.2, -0.15) is 11.8 Å². The lowest BCUT2D eigenvalue weighted by molar-refractivity contribution is 0.314. The van der Waals surface area contributed by atoms with E-state index in [-0.39, 0.29) is 0 Å². The molecule has 21 heavy (non-hydrogen) atoms. The van der Waals surface area contributed by atoms with Gasteiger partial charge in [-0.15, -0.1) is 11.3 Å². The Kier molecular flexibility index (Phi) is 4.51. The van der Waals surface area contributed by atoms with Gasteiger partial charge in [-0.1, -0.05) is 6.07 Å². The summed E-state index contributed by atoms with van der Waals surface area (Å²) < 4.78 is 4.67. The van der Waals surface area contributed by atoms with Crippen LogP contribution in [0.1, 0.15) is 4.88 Å². The Morgan fingerprint density at radius 1 is 1.19 bits per heavy atom. The Labute approximate surface area is 129 Å². The fraction of sp³-hybridized carbons (Fsp3) is 0.333. The summed E-state index contributed by atoms with van der Waals surface area (Å²) in [5.41, 5.74) is 0.808. The van der Waals surface area contributed by atoms with Crippen molar-refractivity contribution in [2.75, 3.05) is 29.2 Å². The normalized spacial score (nSPS) is 10.9. The second-order valence-electron chi connectivity index (χ2n) is 4.18. The molecule has 3 aromatic rings. The zero-order valence-electron chi connectivity index (χ0n) is 11.4. The molecule has 0 fully saturated rings. The molecule has 3 aromatic heterocycles. The van der Waals surface area contributed by atoms with Crippen molar-refractivity contribution in [2.45, 2.75) is 6.54 Å². The van der Waals surface area contributed by atoms with E-state index in [4.69, 9.17) is 0 Å². The summed E-state index contributed by atoms with van der Waals surface area (Å²) in [4.78, 5) is 10.0. The van der Waals surface area contributed by atoms with Crippen LogP contribution in [0, 0.1) is 0 Å². The number of thiophene rings is 1. The lowest BCUT2D eigenvalue weighted by Gasteiger charge is -2.10. The van der Waals surface area contributed by atoms with Gasteiger partial charge in [0.25, 0.3) is 0 Å². The predicted molar refractivity (Wildman–Crippen MR) is 85.9 cm³/mol. The van der Waals surface area contributed by atoms with E-state index in [0.717, 1.165) is 12.3 Å². The van der Waals surface area contributed by atoms with Crippen molar-refractivity contribution in [3.8, 4) is 0 Å². The second-order valence-corrected chi connectivity index (χ2v) is 6.20. The largest absolute Gasteiger partial charge is 0.366 e. The van der Waals surface area contributed by atoms with Gasteiger partial charge in [-0.25, -0.2) is 14.6 Å². The highest BCUT2D eigenvalue weighted by atomic mass is 32.2. The first-order valence-electron chi connectivity index (χ1n) is 6.36. The number of anilines is 2. The third-order valence-corrected chi connectivity index (χ3v) is 4.21. The van der Waals surface area contributed by atoms with Crippen LogP contribution in [0.2, 0.25) is 0 Å². The van der Waals surface area contributed by atoms with E-state index in [9.17, 15) is 0 Å². The van der Waals surface area contributed by atoms with Crippen LogP contribution in [0.15, 0.2) is 22.1 Å². The maximum Gasteiger partial charge on any atom is 0.245 e. The van der Waals surface area contributed by atoms with E-state index in [0.29, 0.717) is 29.5 Å². The fourth-order valence-electron chi connectivity index (χ4n) is 1.74. The molecule has 0 unspecified atom stereocenters. The molecule has 0 bridgehead atoms. The molecule has 0 saturated heterocycles. The third-order valence-electron chi connectivity index (χ3n) is 2.72. The van der Waals surface area contributed by atoms with Crippen LogP contribution in [0.25, 0.3) is 11.3 Å². The van der Waals surface area contributed by atoms with E-state index in [1.807, 2.05) is 11.4 Å². The van der Waals surface area contributed by atoms with E-state index in [2.05, 4.69) is 47.9 Å². The summed E-state index contributed by atoms with van der Waals surface area (Å²) in [5.74, 6) is 2.32. The molecular weight excluding hydrogens is 308 g/mol. The summed E-state index contributed by atoms with van der Waals surface area (Å²) in [7, 11) is 0. The molecule has 3 heterocycles. The molecule has 0 atom stereocenters. The maximum absolute atomic E-state index is 4.67. The van der Waals surface area contributed by atoms with Gasteiger partial charge in [0.2, 0.25) is 11.3 Å². The minimum Gasteiger partial charge on any atom is -0.366 e. The number of fused-ring (bicyclic) bond motifs is 1. The third kappa shape index (κ3) is 3.42. The highest BCUT2D eigenvalue weighted by Gasteiger charge is 2.12. The van der Waals surface area contributed by atoms with E-state index >= 15 is 0 Å². The van der Waals surface area contributed by atoms with Crippen molar-refractivity contribution >= 4 is 46.0 Å². The number of hydrogen-bond acceptors (Lipinski definition) is 9. The van der Waals surface area contributed by atoms with Crippen molar-refractivity contribution in [3.63, 3.8) is 0 Å². The first-order chi connectivity index (χ1) is 10.4. The number of nitrogens with zero attached hydrogens (tertiary/aromatic N) is 4. The van der Waals surface area contributed by atoms with Gasteiger partial charge in [0.1, 0.15) is 0 Å². The summed E-state index contributed by atoms with van der Waals surface area (Å²) >= 11 is 3.46. The molecule has 0 aliphatic heterocycles. The van der Waals surface area contributed by atoms with Gasteiger partial charge >= 0.3 is 0 Å². The summed E-state index contributed by atoms with van der Waals surface area (Å²) in [6, 6.07) is 4.10. The van der Waals surface area contributed by atoms with Crippen molar-refractivity contribution in [1.82, 2.24) is 20.3 Å². The predicted octanol–water partition coefficient (Wildman–Crippen LogP) is 2.46. The smallest absolute Gasteiger partial charge is 0.245 e. The van der Waals surface area contributed by atoms with Crippen molar-refractivity contribution in [2.24, 2.45) is 0 Å². The molecule has 7 nitrogen and oxygen atoms in total.